The predicted octanol–water partition coefficient (Wildman–Crippen LogP) is -0.471. The Bertz CT molecular complexity index is 625. The van der Waals surface area contributed by atoms with Gasteiger partial charge in [-0.25, -0.2) is 0 Å². The molecule has 19 heavy (non-hydrogen) atoms. The highest BCUT2D eigenvalue weighted by Gasteiger charge is 2.13. The molecule has 0 radical (unpaired) electrons. The molecular weight excluding hydrogens is 244 g/mol. The third-order valence-corrected chi connectivity index (χ3v) is 2.80. The summed E-state index contributed by atoms with van der Waals surface area (Å²) in [6, 6.07) is 12.2. The van der Waals surface area contributed by atoms with Crippen molar-refractivity contribution in [3.8, 4) is 0 Å². The summed E-state index contributed by atoms with van der Waals surface area (Å²) in [5.41, 5.74) is 3.98. The van der Waals surface area contributed by atoms with Crippen LogP contribution in [0.5, 0.6) is 0 Å². The molecule has 1 amide bonds. The van der Waals surface area contributed by atoms with Gasteiger partial charge in [-0.2, -0.15) is 0 Å². The number of carbonyl (C=O) groups is 2. The van der Waals surface area contributed by atoms with E-state index in [1.54, 1.807) is 6.07 Å². The van der Waals surface area contributed by atoms with E-state index >= 15 is 0 Å². The van der Waals surface area contributed by atoms with E-state index in [-0.39, 0.29) is 12.3 Å². The number of fused-ring (bicyclic) bond motifs is 1. The van der Waals surface area contributed by atoms with Gasteiger partial charge in [0.2, 0.25) is 5.91 Å². The van der Waals surface area contributed by atoms with Crippen molar-refractivity contribution in [3.05, 3.63) is 42.5 Å². The van der Waals surface area contributed by atoms with E-state index < -0.39 is 12.0 Å². The second-order valence-corrected chi connectivity index (χ2v) is 4.33. The Balaban J connectivity index is 2.09. The number of nitrogens with one attached hydrogen (secondary N) is 1. The number of amides is 1. The van der Waals surface area contributed by atoms with E-state index in [4.69, 9.17) is 0 Å². The fraction of sp³-hybridized carbons (Fsp3) is 0.143. The fourth-order valence-electron chi connectivity index (χ4n) is 1.79. The lowest BCUT2D eigenvalue weighted by molar-refractivity contribution is -0.436. The quantitative estimate of drug-likeness (QED) is 0.775. The maximum absolute atomic E-state index is 11.6. The van der Waals surface area contributed by atoms with Crippen LogP contribution in [0.25, 0.3) is 10.8 Å². The molecule has 2 aromatic carbocycles. The molecule has 0 aromatic heterocycles. The molecule has 4 N–H and O–H groups in total. The summed E-state index contributed by atoms with van der Waals surface area (Å²) in [4.78, 5) is 22.1. The second-order valence-electron chi connectivity index (χ2n) is 4.33. The van der Waals surface area contributed by atoms with Crippen molar-refractivity contribution < 1.29 is 20.4 Å². The molecule has 0 aliphatic carbocycles. The van der Waals surface area contributed by atoms with Crippen molar-refractivity contribution in [2.75, 3.05) is 5.32 Å². The number of aliphatic carboxylic acids is 1. The highest BCUT2D eigenvalue weighted by molar-refractivity contribution is 5.96. The van der Waals surface area contributed by atoms with Crippen molar-refractivity contribution in [2.45, 2.75) is 12.5 Å². The van der Waals surface area contributed by atoms with Crippen molar-refractivity contribution >= 4 is 28.3 Å². The molecule has 0 heterocycles. The van der Waals surface area contributed by atoms with Crippen LogP contribution in [0.1, 0.15) is 6.42 Å². The van der Waals surface area contributed by atoms with Crippen LogP contribution in [0.4, 0.5) is 5.69 Å². The Kier molecular flexibility index (Phi) is 3.77. The molecule has 0 bridgehead atoms. The zero-order valence-electron chi connectivity index (χ0n) is 10.3. The van der Waals surface area contributed by atoms with E-state index in [0.717, 1.165) is 10.8 Å². The van der Waals surface area contributed by atoms with E-state index in [0.29, 0.717) is 5.69 Å². The summed E-state index contributed by atoms with van der Waals surface area (Å²) in [7, 11) is 0. The van der Waals surface area contributed by atoms with Gasteiger partial charge < -0.3 is 21.0 Å². The van der Waals surface area contributed by atoms with Crippen LogP contribution in [0, 0.1) is 0 Å². The van der Waals surface area contributed by atoms with E-state index in [2.05, 4.69) is 11.1 Å². The number of quaternary nitrogens is 1. The van der Waals surface area contributed by atoms with Gasteiger partial charge in [0.15, 0.2) is 0 Å². The van der Waals surface area contributed by atoms with Crippen molar-refractivity contribution in [3.63, 3.8) is 0 Å². The zero-order valence-corrected chi connectivity index (χ0v) is 10.3. The zero-order chi connectivity index (χ0) is 13.8. The minimum atomic E-state index is -1.33. The van der Waals surface area contributed by atoms with Crippen LogP contribution in [-0.4, -0.2) is 17.9 Å². The predicted molar refractivity (Wildman–Crippen MR) is 68.9 cm³/mol. The van der Waals surface area contributed by atoms with Crippen LogP contribution in [0.15, 0.2) is 42.5 Å². The van der Waals surface area contributed by atoms with Crippen LogP contribution in [0.2, 0.25) is 0 Å². The van der Waals surface area contributed by atoms with Gasteiger partial charge in [0.05, 0.1) is 12.4 Å². The number of benzene rings is 2. The Morgan fingerprint density at radius 3 is 2.53 bits per heavy atom. The average Bonchev–Trinajstić information content (AvgIpc) is 2.38. The first-order valence-corrected chi connectivity index (χ1v) is 5.89. The maximum atomic E-state index is 11.6. The van der Waals surface area contributed by atoms with Crippen LogP contribution in [0.3, 0.4) is 0 Å². The molecule has 2 rings (SSSR count). The molecule has 0 saturated carbocycles. The molecule has 5 heteroatoms. The molecule has 0 unspecified atom stereocenters. The molecule has 98 valence electrons. The summed E-state index contributed by atoms with van der Waals surface area (Å²) < 4.78 is 0. The van der Waals surface area contributed by atoms with Gasteiger partial charge in [-0.05, 0) is 22.9 Å². The Hall–Kier alpha value is -2.40. The van der Waals surface area contributed by atoms with Crippen molar-refractivity contribution in [1.29, 1.82) is 0 Å². The Labute approximate surface area is 110 Å². The molecule has 0 aliphatic rings. The van der Waals surface area contributed by atoms with Gasteiger partial charge >= 0.3 is 0 Å². The molecule has 0 spiro atoms. The van der Waals surface area contributed by atoms with Gasteiger partial charge in [0, 0.05) is 5.69 Å². The highest BCUT2D eigenvalue weighted by Crippen LogP contribution is 2.18. The monoisotopic (exact) mass is 258 g/mol. The average molecular weight is 258 g/mol. The van der Waals surface area contributed by atoms with Crippen molar-refractivity contribution in [2.24, 2.45) is 0 Å². The number of rotatable bonds is 4. The summed E-state index contributed by atoms with van der Waals surface area (Å²) >= 11 is 0. The molecule has 0 saturated heterocycles. The van der Waals surface area contributed by atoms with Gasteiger partial charge in [-0.15, -0.1) is 0 Å². The summed E-state index contributed by atoms with van der Waals surface area (Å²) in [5, 5.41) is 15.2. The topological polar surface area (TPSA) is 96.9 Å². The van der Waals surface area contributed by atoms with Crippen molar-refractivity contribution in [1.82, 2.24) is 0 Å². The van der Waals surface area contributed by atoms with Gasteiger partial charge in [0.1, 0.15) is 6.04 Å². The first kappa shape index (κ1) is 13.0. The van der Waals surface area contributed by atoms with Crippen LogP contribution >= 0.6 is 0 Å². The fourth-order valence-corrected chi connectivity index (χ4v) is 1.79. The minimum Gasteiger partial charge on any atom is -0.544 e. The van der Waals surface area contributed by atoms with E-state index in [9.17, 15) is 14.7 Å². The number of anilines is 1. The van der Waals surface area contributed by atoms with Crippen LogP contribution < -0.4 is 16.2 Å². The number of carbonyl (C=O) groups excluding carboxylic acids is 2. The number of hydrogen-bond acceptors (Lipinski definition) is 3. The number of hydrogen-bond donors (Lipinski definition) is 2. The lowest BCUT2D eigenvalue weighted by Crippen LogP contribution is -2.69. The summed E-state index contributed by atoms with van der Waals surface area (Å²) in [6.45, 7) is 0. The molecule has 2 aromatic rings. The van der Waals surface area contributed by atoms with E-state index in [1.807, 2.05) is 36.4 Å². The van der Waals surface area contributed by atoms with Crippen LogP contribution in [-0.2, 0) is 9.59 Å². The van der Waals surface area contributed by atoms with Gasteiger partial charge in [-0.1, -0.05) is 30.3 Å². The normalized spacial score (nSPS) is 12.1. The molecular formula is C14H14N2O3. The first-order valence-electron chi connectivity index (χ1n) is 5.89. The first-order chi connectivity index (χ1) is 9.06. The van der Waals surface area contributed by atoms with Gasteiger partial charge in [0.25, 0.3) is 0 Å². The number of carboxylic acid groups (broad SMARTS) is 1. The molecule has 5 nitrogen and oxygen atoms in total. The van der Waals surface area contributed by atoms with E-state index in [1.165, 1.54) is 0 Å². The highest BCUT2D eigenvalue weighted by atomic mass is 16.4. The largest absolute Gasteiger partial charge is 0.544 e. The summed E-state index contributed by atoms with van der Waals surface area (Å²) in [5.74, 6) is -1.71. The third kappa shape index (κ3) is 3.29. The second kappa shape index (κ2) is 5.49. The Morgan fingerprint density at radius 1 is 1.16 bits per heavy atom. The SMILES string of the molecule is [NH3+][C@@H](CC(=O)Nc1ccc2ccccc2c1)C(=O)[O-]. The molecule has 1 atom stereocenters. The molecule has 0 fully saturated rings. The minimum absolute atomic E-state index is 0.199. The number of carboxylic acids is 1. The van der Waals surface area contributed by atoms with Gasteiger partial charge in [-0.3, -0.25) is 4.79 Å². The standard InChI is InChI=1S/C14H14N2O3/c15-12(14(18)19)8-13(17)16-11-6-5-9-3-1-2-4-10(9)7-11/h1-7,12H,8,15H2,(H,16,17)(H,18,19)/t12-/m0/s1. The molecule has 0 aliphatic heterocycles. The smallest absolute Gasteiger partial charge is 0.230 e. The maximum Gasteiger partial charge on any atom is 0.230 e. The lowest BCUT2D eigenvalue weighted by atomic mass is 10.1. The third-order valence-electron chi connectivity index (χ3n) is 2.80. The Morgan fingerprint density at radius 2 is 1.84 bits per heavy atom. The lowest BCUT2D eigenvalue weighted by Gasteiger charge is -2.10. The summed E-state index contributed by atoms with van der Waals surface area (Å²) in [6.07, 6.45) is -0.199.